The van der Waals surface area contributed by atoms with Crippen LogP contribution < -0.4 is 10.6 Å². The summed E-state index contributed by atoms with van der Waals surface area (Å²) >= 11 is 1.62. The first-order valence-corrected chi connectivity index (χ1v) is 7.76. The number of carbonyl (C=O) groups excluding carboxylic acids is 1. The summed E-state index contributed by atoms with van der Waals surface area (Å²) < 4.78 is 5.44. The number of fused-ring (bicyclic) bond motifs is 1. The highest BCUT2D eigenvalue weighted by atomic mass is 32.1. The van der Waals surface area contributed by atoms with Gasteiger partial charge in [-0.2, -0.15) is 0 Å². The van der Waals surface area contributed by atoms with Gasteiger partial charge in [-0.25, -0.2) is 4.98 Å². The summed E-state index contributed by atoms with van der Waals surface area (Å²) in [5, 5.41) is 6.78. The van der Waals surface area contributed by atoms with Crippen molar-refractivity contribution in [3.8, 4) is 0 Å². The Balaban J connectivity index is 1.64. The Hall–Kier alpha value is -0.980. The van der Waals surface area contributed by atoms with E-state index in [4.69, 9.17) is 4.74 Å². The van der Waals surface area contributed by atoms with E-state index in [1.807, 2.05) is 0 Å². The number of nitrogens with one attached hydrogen (secondary N) is 2. The molecule has 1 fully saturated rings. The number of hydrogen-bond acceptors (Lipinski definition) is 5. The van der Waals surface area contributed by atoms with E-state index < -0.39 is 6.10 Å². The zero-order valence-corrected chi connectivity index (χ0v) is 11.7. The van der Waals surface area contributed by atoms with Crippen molar-refractivity contribution in [1.29, 1.82) is 0 Å². The lowest BCUT2D eigenvalue weighted by Gasteiger charge is -2.22. The number of nitrogens with zero attached hydrogens (tertiary/aromatic N) is 1. The summed E-state index contributed by atoms with van der Waals surface area (Å²) in [5.74, 6) is -0.0869. The smallest absolute Gasteiger partial charge is 0.256 e. The second kappa shape index (κ2) is 5.98. The van der Waals surface area contributed by atoms with Crippen molar-refractivity contribution in [2.45, 2.75) is 38.2 Å². The molecule has 1 unspecified atom stereocenters. The first-order valence-electron chi connectivity index (χ1n) is 6.95. The average Bonchev–Trinajstić information content (AvgIpc) is 2.69. The van der Waals surface area contributed by atoms with E-state index in [0.29, 0.717) is 13.2 Å². The molecule has 0 radical (unpaired) electrons. The molecule has 0 bridgehead atoms. The first kappa shape index (κ1) is 13.0. The van der Waals surface area contributed by atoms with Crippen LogP contribution in [0.25, 0.3) is 0 Å². The van der Waals surface area contributed by atoms with Crippen molar-refractivity contribution < 1.29 is 9.53 Å². The van der Waals surface area contributed by atoms with Crippen LogP contribution >= 0.6 is 11.3 Å². The minimum absolute atomic E-state index is 0.0869. The van der Waals surface area contributed by atoms with Gasteiger partial charge < -0.3 is 10.1 Å². The molecule has 6 heteroatoms. The largest absolute Gasteiger partial charge is 0.366 e. The zero-order valence-electron chi connectivity index (χ0n) is 10.9. The van der Waals surface area contributed by atoms with Gasteiger partial charge in [0.15, 0.2) is 5.13 Å². The van der Waals surface area contributed by atoms with Crippen molar-refractivity contribution in [3.05, 3.63) is 10.6 Å². The van der Waals surface area contributed by atoms with E-state index in [2.05, 4.69) is 15.6 Å². The maximum Gasteiger partial charge on any atom is 0.256 e. The lowest BCUT2D eigenvalue weighted by molar-refractivity contribution is -0.128. The molecule has 1 amide bonds. The molecule has 3 rings (SSSR count). The van der Waals surface area contributed by atoms with Crippen LogP contribution in [-0.2, 0) is 22.4 Å². The maximum atomic E-state index is 12.0. The van der Waals surface area contributed by atoms with Gasteiger partial charge in [0.2, 0.25) is 0 Å². The predicted octanol–water partition coefficient (Wildman–Crippen LogP) is 1.34. The molecule has 5 nitrogen and oxygen atoms in total. The summed E-state index contributed by atoms with van der Waals surface area (Å²) in [5.41, 5.74) is 1.18. The molecule has 0 aromatic carbocycles. The Bertz CT molecular complexity index is 431. The van der Waals surface area contributed by atoms with Gasteiger partial charge in [0.1, 0.15) is 6.10 Å². The summed E-state index contributed by atoms with van der Waals surface area (Å²) in [6, 6.07) is 0. The van der Waals surface area contributed by atoms with Gasteiger partial charge in [-0.15, -0.1) is 11.3 Å². The molecule has 1 atom stereocenters. The standard InChI is InChI=1S/C13H19N3O2S/c17-12(10-8-14-6-7-18-10)16-13-15-9-4-2-1-3-5-11(9)19-13/h10,14H,1-8H2,(H,15,16,17). The van der Waals surface area contributed by atoms with Gasteiger partial charge in [-0.05, 0) is 25.7 Å². The fourth-order valence-corrected chi connectivity index (χ4v) is 3.55. The number of aromatic nitrogens is 1. The molecule has 2 heterocycles. The number of thiazole rings is 1. The van der Waals surface area contributed by atoms with Crippen LogP contribution in [0.1, 0.15) is 29.8 Å². The van der Waals surface area contributed by atoms with Crippen LogP contribution in [0.4, 0.5) is 5.13 Å². The Morgan fingerprint density at radius 2 is 2.26 bits per heavy atom. The van der Waals surface area contributed by atoms with Crippen LogP contribution in [0.15, 0.2) is 0 Å². The van der Waals surface area contributed by atoms with E-state index in [9.17, 15) is 4.79 Å². The second-order valence-corrected chi connectivity index (χ2v) is 6.09. The Kier molecular flexibility index (Phi) is 4.10. The van der Waals surface area contributed by atoms with E-state index in [1.54, 1.807) is 11.3 Å². The molecule has 1 saturated heterocycles. The van der Waals surface area contributed by atoms with Crippen LogP contribution in [0.2, 0.25) is 0 Å². The monoisotopic (exact) mass is 281 g/mol. The highest BCUT2D eigenvalue weighted by molar-refractivity contribution is 7.15. The SMILES string of the molecule is O=C(Nc1nc2c(s1)CCCCC2)C1CNCCO1. The fraction of sp³-hybridized carbons (Fsp3) is 0.692. The molecule has 1 aromatic heterocycles. The van der Waals surface area contributed by atoms with Gasteiger partial charge >= 0.3 is 0 Å². The van der Waals surface area contributed by atoms with Crippen molar-refractivity contribution in [2.75, 3.05) is 25.0 Å². The summed E-state index contributed by atoms with van der Waals surface area (Å²) in [6.07, 6.45) is 5.48. The topological polar surface area (TPSA) is 63.2 Å². The van der Waals surface area contributed by atoms with Crippen LogP contribution in [0.3, 0.4) is 0 Å². The summed E-state index contributed by atoms with van der Waals surface area (Å²) in [6.45, 7) is 1.98. The predicted molar refractivity (Wildman–Crippen MR) is 74.6 cm³/mol. The molecule has 2 N–H and O–H groups in total. The third-order valence-corrected chi connectivity index (χ3v) is 4.62. The third-order valence-electron chi connectivity index (χ3n) is 3.55. The number of carbonyl (C=O) groups is 1. The van der Waals surface area contributed by atoms with Crippen LogP contribution in [0.5, 0.6) is 0 Å². The quantitative estimate of drug-likeness (QED) is 0.803. The summed E-state index contributed by atoms with van der Waals surface area (Å²) in [4.78, 5) is 17.9. The van der Waals surface area contributed by atoms with Gasteiger partial charge in [-0.1, -0.05) is 6.42 Å². The van der Waals surface area contributed by atoms with Gasteiger partial charge in [0, 0.05) is 18.0 Å². The lowest BCUT2D eigenvalue weighted by atomic mass is 10.2. The zero-order chi connectivity index (χ0) is 13.1. The molecule has 1 aliphatic heterocycles. The second-order valence-electron chi connectivity index (χ2n) is 5.00. The molecular weight excluding hydrogens is 262 g/mol. The van der Waals surface area contributed by atoms with Crippen molar-refractivity contribution in [2.24, 2.45) is 0 Å². The van der Waals surface area contributed by atoms with Gasteiger partial charge in [0.05, 0.1) is 12.3 Å². The minimum Gasteiger partial charge on any atom is -0.366 e. The number of rotatable bonds is 2. The van der Waals surface area contributed by atoms with E-state index in [-0.39, 0.29) is 5.91 Å². The molecule has 0 saturated carbocycles. The van der Waals surface area contributed by atoms with Gasteiger partial charge in [0.25, 0.3) is 5.91 Å². The normalized spacial score (nSPS) is 23.5. The number of aryl methyl sites for hydroxylation is 2. The Morgan fingerprint density at radius 3 is 3.11 bits per heavy atom. The van der Waals surface area contributed by atoms with E-state index in [0.717, 1.165) is 24.5 Å². The molecule has 1 aromatic rings. The molecule has 104 valence electrons. The minimum atomic E-state index is -0.391. The highest BCUT2D eigenvalue weighted by Gasteiger charge is 2.23. The molecule has 2 aliphatic rings. The fourth-order valence-electron chi connectivity index (χ4n) is 2.50. The average molecular weight is 281 g/mol. The Labute approximate surface area is 116 Å². The maximum absolute atomic E-state index is 12.0. The van der Waals surface area contributed by atoms with Crippen LogP contribution in [-0.4, -0.2) is 36.7 Å². The van der Waals surface area contributed by atoms with E-state index in [1.165, 1.54) is 29.8 Å². The van der Waals surface area contributed by atoms with Gasteiger partial charge in [-0.3, -0.25) is 10.1 Å². The lowest BCUT2D eigenvalue weighted by Crippen LogP contribution is -2.45. The highest BCUT2D eigenvalue weighted by Crippen LogP contribution is 2.29. The van der Waals surface area contributed by atoms with Crippen LogP contribution in [0, 0.1) is 0 Å². The summed E-state index contributed by atoms with van der Waals surface area (Å²) in [7, 11) is 0. The Morgan fingerprint density at radius 1 is 1.37 bits per heavy atom. The molecule has 0 spiro atoms. The number of ether oxygens (including phenoxy) is 1. The molecule has 1 aliphatic carbocycles. The third kappa shape index (κ3) is 3.13. The molecular formula is C13H19N3O2S. The number of hydrogen-bond donors (Lipinski definition) is 2. The van der Waals surface area contributed by atoms with Crippen molar-refractivity contribution in [1.82, 2.24) is 10.3 Å². The molecule has 19 heavy (non-hydrogen) atoms. The first-order chi connectivity index (χ1) is 9.33. The number of amides is 1. The number of morpholine rings is 1. The van der Waals surface area contributed by atoms with E-state index >= 15 is 0 Å². The van der Waals surface area contributed by atoms with Crippen molar-refractivity contribution >= 4 is 22.4 Å². The van der Waals surface area contributed by atoms with Crippen molar-refractivity contribution in [3.63, 3.8) is 0 Å². The number of anilines is 1.